The molecule has 0 aliphatic carbocycles. The normalized spacial score (nSPS) is 13.7. The molecule has 104 valence electrons. The molecule has 5 nitrogen and oxygen atoms in total. The van der Waals surface area contributed by atoms with Crippen molar-refractivity contribution in [1.29, 1.82) is 0 Å². The molecule has 0 fully saturated rings. The van der Waals surface area contributed by atoms with Gasteiger partial charge in [-0.15, -0.1) is 5.10 Å². The van der Waals surface area contributed by atoms with Crippen molar-refractivity contribution in [1.82, 2.24) is 15.5 Å². The van der Waals surface area contributed by atoms with Crippen LogP contribution in [0, 0.1) is 5.92 Å². The minimum atomic E-state index is 0.0528. The minimum Gasteiger partial charge on any atom is -0.407 e. The summed E-state index contributed by atoms with van der Waals surface area (Å²) in [4.78, 5) is 2.02. The zero-order chi connectivity index (χ0) is 13.8. The van der Waals surface area contributed by atoms with Crippen molar-refractivity contribution in [2.45, 2.75) is 53.1 Å². The van der Waals surface area contributed by atoms with Gasteiger partial charge in [-0.1, -0.05) is 25.4 Å². The molecule has 0 aliphatic rings. The summed E-state index contributed by atoms with van der Waals surface area (Å²) in [5, 5.41) is 11.5. The molecule has 0 aromatic carbocycles. The molecule has 0 saturated heterocycles. The molecular weight excluding hydrogens is 228 g/mol. The molecule has 1 rings (SSSR count). The van der Waals surface area contributed by atoms with Gasteiger partial charge in [0, 0.05) is 19.1 Å². The van der Waals surface area contributed by atoms with Gasteiger partial charge in [0.25, 0.3) is 0 Å². The monoisotopic (exact) mass is 254 g/mol. The SMILES string of the molecule is CCC(C)CN(C)c1nnc(CNC(C)(C)C)o1. The highest BCUT2D eigenvalue weighted by Gasteiger charge is 2.15. The van der Waals surface area contributed by atoms with Gasteiger partial charge in [-0.2, -0.15) is 0 Å². The van der Waals surface area contributed by atoms with E-state index in [0.29, 0.717) is 24.4 Å². The van der Waals surface area contributed by atoms with Gasteiger partial charge in [-0.3, -0.25) is 0 Å². The Balaban J connectivity index is 2.52. The maximum absolute atomic E-state index is 5.63. The van der Waals surface area contributed by atoms with Crippen LogP contribution in [0.2, 0.25) is 0 Å². The van der Waals surface area contributed by atoms with Crippen LogP contribution in [-0.4, -0.2) is 29.3 Å². The van der Waals surface area contributed by atoms with E-state index < -0.39 is 0 Å². The molecule has 1 N–H and O–H groups in total. The van der Waals surface area contributed by atoms with Crippen LogP contribution in [0.5, 0.6) is 0 Å². The molecule has 1 heterocycles. The summed E-state index contributed by atoms with van der Waals surface area (Å²) in [6.07, 6.45) is 1.15. The van der Waals surface area contributed by atoms with E-state index in [1.807, 2.05) is 11.9 Å². The highest BCUT2D eigenvalue weighted by Crippen LogP contribution is 2.14. The third kappa shape index (κ3) is 5.04. The summed E-state index contributed by atoms with van der Waals surface area (Å²) < 4.78 is 5.63. The largest absolute Gasteiger partial charge is 0.407 e. The third-order valence-corrected chi connectivity index (χ3v) is 2.84. The van der Waals surface area contributed by atoms with Gasteiger partial charge in [-0.25, -0.2) is 0 Å². The molecule has 1 aromatic heterocycles. The predicted octanol–water partition coefficient (Wildman–Crippen LogP) is 2.44. The Kier molecular flexibility index (Phi) is 5.14. The molecule has 0 saturated carbocycles. The molecular formula is C13H26N4O. The van der Waals surface area contributed by atoms with Crippen LogP contribution in [0.3, 0.4) is 0 Å². The van der Waals surface area contributed by atoms with Crippen LogP contribution in [0.4, 0.5) is 6.01 Å². The Bertz CT molecular complexity index is 356. The van der Waals surface area contributed by atoms with E-state index in [1.54, 1.807) is 0 Å². The van der Waals surface area contributed by atoms with Gasteiger partial charge in [0.15, 0.2) is 0 Å². The Labute approximate surface area is 110 Å². The second-order valence-corrected chi connectivity index (χ2v) is 5.98. The van der Waals surface area contributed by atoms with Crippen LogP contribution in [0.1, 0.15) is 46.9 Å². The van der Waals surface area contributed by atoms with Crippen molar-refractivity contribution in [3.05, 3.63) is 5.89 Å². The van der Waals surface area contributed by atoms with Crippen LogP contribution in [-0.2, 0) is 6.54 Å². The zero-order valence-electron chi connectivity index (χ0n) is 12.4. The van der Waals surface area contributed by atoms with E-state index in [-0.39, 0.29) is 5.54 Å². The molecule has 1 atom stereocenters. The molecule has 0 radical (unpaired) electrons. The Morgan fingerprint density at radius 3 is 2.56 bits per heavy atom. The quantitative estimate of drug-likeness (QED) is 0.845. The summed E-state index contributed by atoms with van der Waals surface area (Å²) >= 11 is 0. The molecule has 18 heavy (non-hydrogen) atoms. The Hall–Kier alpha value is -1.10. The van der Waals surface area contributed by atoms with Crippen LogP contribution in [0.25, 0.3) is 0 Å². The minimum absolute atomic E-state index is 0.0528. The topological polar surface area (TPSA) is 54.2 Å². The zero-order valence-corrected chi connectivity index (χ0v) is 12.4. The number of aromatic nitrogens is 2. The standard InChI is InChI=1S/C13H26N4O/c1-7-10(2)9-17(6)12-16-15-11(18-12)8-14-13(3,4)5/h10,14H,7-9H2,1-6H3. The number of rotatable bonds is 6. The van der Waals surface area contributed by atoms with Crippen molar-refractivity contribution >= 4 is 6.01 Å². The Morgan fingerprint density at radius 1 is 1.33 bits per heavy atom. The first-order chi connectivity index (χ1) is 8.31. The van der Waals surface area contributed by atoms with Crippen LogP contribution < -0.4 is 10.2 Å². The summed E-state index contributed by atoms with van der Waals surface area (Å²) in [6.45, 7) is 12.3. The lowest BCUT2D eigenvalue weighted by atomic mass is 10.1. The van der Waals surface area contributed by atoms with Crippen molar-refractivity contribution in [2.24, 2.45) is 5.92 Å². The van der Waals surface area contributed by atoms with Gasteiger partial charge in [0.2, 0.25) is 5.89 Å². The van der Waals surface area contributed by atoms with E-state index in [1.165, 1.54) is 0 Å². The molecule has 1 aromatic rings. The smallest absolute Gasteiger partial charge is 0.317 e. The molecule has 0 spiro atoms. The van der Waals surface area contributed by atoms with E-state index in [2.05, 4.69) is 50.1 Å². The molecule has 1 unspecified atom stereocenters. The predicted molar refractivity (Wildman–Crippen MR) is 73.6 cm³/mol. The lowest BCUT2D eigenvalue weighted by Gasteiger charge is -2.19. The molecule has 0 amide bonds. The lowest BCUT2D eigenvalue weighted by molar-refractivity contribution is 0.380. The van der Waals surface area contributed by atoms with E-state index in [9.17, 15) is 0 Å². The fourth-order valence-corrected chi connectivity index (χ4v) is 1.49. The average Bonchev–Trinajstić information content (AvgIpc) is 2.74. The van der Waals surface area contributed by atoms with Gasteiger partial charge in [0.05, 0.1) is 6.54 Å². The highest BCUT2D eigenvalue weighted by atomic mass is 16.4. The first-order valence-electron chi connectivity index (χ1n) is 6.60. The number of nitrogens with one attached hydrogen (secondary N) is 1. The average molecular weight is 254 g/mol. The van der Waals surface area contributed by atoms with Crippen LogP contribution in [0.15, 0.2) is 4.42 Å². The first kappa shape index (κ1) is 15.0. The molecule has 0 bridgehead atoms. The van der Waals surface area contributed by atoms with Crippen molar-refractivity contribution < 1.29 is 4.42 Å². The Morgan fingerprint density at radius 2 is 2.00 bits per heavy atom. The van der Waals surface area contributed by atoms with Gasteiger partial charge in [0.1, 0.15) is 0 Å². The maximum Gasteiger partial charge on any atom is 0.317 e. The van der Waals surface area contributed by atoms with E-state index in [0.717, 1.165) is 13.0 Å². The number of nitrogens with zero attached hydrogens (tertiary/aromatic N) is 3. The van der Waals surface area contributed by atoms with Gasteiger partial charge in [-0.05, 0) is 26.7 Å². The first-order valence-corrected chi connectivity index (χ1v) is 6.60. The van der Waals surface area contributed by atoms with E-state index >= 15 is 0 Å². The maximum atomic E-state index is 5.63. The highest BCUT2D eigenvalue weighted by molar-refractivity contribution is 5.21. The summed E-state index contributed by atoms with van der Waals surface area (Å²) in [5.74, 6) is 1.26. The fraction of sp³-hybridized carbons (Fsp3) is 0.846. The third-order valence-electron chi connectivity index (χ3n) is 2.84. The van der Waals surface area contributed by atoms with Gasteiger partial charge >= 0.3 is 6.01 Å². The summed E-state index contributed by atoms with van der Waals surface area (Å²) in [7, 11) is 1.99. The fourth-order valence-electron chi connectivity index (χ4n) is 1.49. The van der Waals surface area contributed by atoms with Crippen molar-refractivity contribution in [3.8, 4) is 0 Å². The van der Waals surface area contributed by atoms with E-state index in [4.69, 9.17) is 4.42 Å². The second kappa shape index (κ2) is 6.18. The summed E-state index contributed by atoms with van der Waals surface area (Å²) in [5.41, 5.74) is 0.0528. The molecule has 5 heteroatoms. The van der Waals surface area contributed by atoms with Gasteiger partial charge < -0.3 is 14.6 Å². The molecule has 0 aliphatic heterocycles. The number of anilines is 1. The van der Waals surface area contributed by atoms with Crippen molar-refractivity contribution in [3.63, 3.8) is 0 Å². The second-order valence-electron chi connectivity index (χ2n) is 5.98. The van der Waals surface area contributed by atoms with Crippen LogP contribution >= 0.6 is 0 Å². The van der Waals surface area contributed by atoms with Crippen molar-refractivity contribution in [2.75, 3.05) is 18.5 Å². The number of hydrogen-bond donors (Lipinski definition) is 1. The summed E-state index contributed by atoms with van der Waals surface area (Å²) in [6, 6.07) is 0.598. The number of hydrogen-bond acceptors (Lipinski definition) is 5. The lowest BCUT2D eigenvalue weighted by Crippen LogP contribution is -2.35.